The van der Waals surface area contributed by atoms with Gasteiger partial charge in [0.2, 0.25) is 11.8 Å². The zero-order valence-corrected chi connectivity index (χ0v) is 26.3. The van der Waals surface area contributed by atoms with Crippen LogP contribution in [0.3, 0.4) is 0 Å². The lowest BCUT2D eigenvalue weighted by atomic mass is 10.0. The van der Waals surface area contributed by atoms with Gasteiger partial charge in [0.15, 0.2) is 0 Å². The molecule has 0 bridgehead atoms. The summed E-state index contributed by atoms with van der Waals surface area (Å²) in [5.41, 5.74) is 1.82. The fraction of sp³-hybridized carbons (Fsp3) is 0.150. The molecule has 0 aliphatic carbocycles. The van der Waals surface area contributed by atoms with Crippen molar-refractivity contribution in [1.82, 2.24) is 9.97 Å². The topological polar surface area (TPSA) is 71.9 Å². The third-order valence-corrected chi connectivity index (χ3v) is 7.41. The number of ether oxygens (including phenoxy) is 5. The van der Waals surface area contributed by atoms with Gasteiger partial charge in [0.1, 0.15) is 47.4 Å². The van der Waals surface area contributed by atoms with Crippen LogP contribution in [0, 0.1) is 0 Å². The highest BCUT2D eigenvalue weighted by atomic mass is 16.6. The number of hydrogen-bond acceptors (Lipinski definition) is 7. The summed E-state index contributed by atoms with van der Waals surface area (Å²) in [6.07, 6.45) is 1.55. The molecule has 47 heavy (non-hydrogen) atoms. The molecule has 0 radical (unpaired) electrons. The molecule has 4 aromatic carbocycles. The minimum Gasteiger partial charge on any atom is -0.471 e. The van der Waals surface area contributed by atoms with Crippen LogP contribution < -0.4 is 18.9 Å². The van der Waals surface area contributed by atoms with Gasteiger partial charge in [-0.15, -0.1) is 0 Å². The molecule has 4 atom stereocenters. The van der Waals surface area contributed by atoms with E-state index >= 15 is 0 Å². The van der Waals surface area contributed by atoms with E-state index in [1.54, 1.807) is 12.4 Å². The van der Waals surface area contributed by atoms with Gasteiger partial charge in [0.25, 0.3) is 0 Å². The molecule has 4 unspecified atom stereocenters. The molecule has 2 aromatic heterocycles. The summed E-state index contributed by atoms with van der Waals surface area (Å²) in [6.45, 7) is 3.96. The van der Waals surface area contributed by atoms with E-state index in [-0.39, 0.29) is 0 Å². The zero-order valence-electron chi connectivity index (χ0n) is 26.3. The standard InChI is InChI=1S/C40H36N2O5/c1-29(43-37-17-9-11-27-41-37)39(31-19-23-35(24-20-31)45-33-13-5-3-6-14-33)47-40(30(2)44-38-18-10-12-28-42-38)32-21-25-36(26-22-32)46-34-15-7-4-8-16-34/h3-30,39-40H,1-2H3. The van der Waals surface area contributed by atoms with Crippen LogP contribution >= 0.6 is 0 Å². The van der Waals surface area contributed by atoms with E-state index in [9.17, 15) is 0 Å². The minimum atomic E-state index is -0.511. The van der Waals surface area contributed by atoms with E-state index in [2.05, 4.69) is 9.97 Å². The fourth-order valence-electron chi connectivity index (χ4n) is 5.12. The Balaban J connectivity index is 1.30. The van der Waals surface area contributed by atoms with Crippen molar-refractivity contribution in [2.75, 3.05) is 0 Å². The maximum atomic E-state index is 7.02. The van der Waals surface area contributed by atoms with Crippen molar-refractivity contribution in [2.45, 2.75) is 38.3 Å². The first kappa shape index (κ1) is 31.3. The molecule has 7 nitrogen and oxygen atoms in total. The van der Waals surface area contributed by atoms with Crippen LogP contribution in [0.1, 0.15) is 37.2 Å². The summed E-state index contributed by atoms with van der Waals surface area (Å²) in [5, 5.41) is 0. The van der Waals surface area contributed by atoms with E-state index in [0.29, 0.717) is 11.8 Å². The second kappa shape index (κ2) is 15.6. The minimum absolute atomic E-state index is 0.420. The van der Waals surface area contributed by atoms with Gasteiger partial charge in [-0.25, -0.2) is 9.97 Å². The molecule has 0 fully saturated rings. The third-order valence-electron chi connectivity index (χ3n) is 7.41. The maximum absolute atomic E-state index is 7.02. The Morgan fingerprint density at radius 2 is 0.766 bits per heavy atom. The van der Waals surface area contributed by atoms with Crippen molar-refractivity contribution in [3.8, 4) is 34.8 Å². The molecule has 0 aliphatic rings. The molecule has 6 aromatic rings. The lowest BCUT2D eigenvalue weighted by Gasteiger charge is -2.32. The van der Waals surface area contributed by atoms with E-state index in [1.165, 1.54) is 0 Å². The maximum Gasteiger partial charge on any atom is 0.213 e. The van der Waals surface area contributed by atoms with E-state index < -0.39 is 24.4 Å². The van der Waals surface area contributed by atoms with E-state index in [4.69, 9.17) is 23.7 Å². The zero-order chi connectivity index (χ0) is 32.3. The van der Waals surface area contributed by atoms with Crippen LogP contribution in [-0.4, -0.2) is 22.2 Å². The van der Waals surface area contributed by atoms with E-state index in [1.807, 2.05) is 159 Å². The second-order valence-electron chi connectivity index (χ2n) is 10.9. The molecule has 2 heterocycles. The fourth-order valence-corrected chi connectivity index (χ4v) is 5.12. The van der Waals surface area contributed by atoms with Crippen molar-refractivity contribution in [1.29, 1.82) is 0 Å². The first-order valence-electron chi connectivity index (χ1n) is 15.6. The molecule has 0 amide bonds. The van der Waals surface area contributed by atoms with Gasteiger partial charge in [-0.05, 0) is 85.6 Å². The number of benzene rings is 4. The molecular formula is C40H36N2O5. The van der Waals surface area contributed by atoms with Crippen molar-refractivity contribution >= 4 is 0 Å². The molecule has 6 rings (SSSR count). The largest absolute Gasteiger partial charge is 0.471 e. The summed E-state index contributed by atoms with van der Waals surface area (Å²) in [6, 6.07) is 46.3. The third kappa shape index (κ3) is 8.75. The van der Waals surface area contributed by atoms with Gasteiger partial charge in [0.05, 0.1) is 0 Å². The van der Waals surface area contributed by atoms with E-state index in [0.717, 1.165) is 34.1 Å². The summed E-state index contributed by atoms with van der Waals surface area (Å²) in [7, 11) is 0. The average Bonchev–Trinajstić information content (AvgIpc) is 3.11. The number of rotatable bonds is 14. The van der Waals surface area contributed by atoms with Crippen LogP contribution in [0.15, 0.2) is 158 Å². The Bertz CT molecular complexity index is 1640. The van der Waals surface area contributed by atoms with Gasteiger partial charge in [-0.2, -0.15) is 0 Å². The van der Waals surface area contributed by atoms with Gasteiger partial charge < -0.3 is 23.7 Å². The molecule has 0 saturated heterocycles. The Morgan fingerprint density at radius 3 is 1.13 bits per heavy atom. The van der Waals surface area contributed by atoms with Gasteiger partial charge in [-0.1, -0.05) is 72.8 Å². The Labute approximate surface area is 275 Å². The van der Waals surface area contributed by atoms with Crippen LogP contribution in [-0.2, 0) is 4.74 Å². The van der Waals surface area contributed by atoms with Crippen LogP contribution in [0.5, 0.6) is 34.8 Å². The predicted molar refractivity (Wildman–Crippen MR) is 181 cm³/mol. The molecule has 7 heteroatoms. The average molecular weight is 625 g/mol. The number of hydrogen-bond donors (Lipinski definition) is 0. The number of nitrogens with zero attached hydrogens (tertiary/aromatic N) is 2. The normalized spacial score (nSPS) is 13.5. The van der Waals surface area contributed by atoms with Gasteiger partial charge in [-0.3, -0.25) is 0 Å². The SMILES string of the molecule is CC(Oc1ccccn1)C(OC(c1ccc(Oc2ccccc2)cc1)C(C)Oc1ccccn1)c1ccc(Oc2ccccc2)cc1. The first-order valence-corrected chi connectivity index (χ1v) is 15.6. The van der Waals surface area contributed by atoms with Crippen molar-refractivity contribution in [2.24, 2.45) is 0 Å². The second-order valence-corrected chi connectivity index (χ2v) is 10.9. The molecule has 0 aliphatic heterocycles. The van der Waals surface area contributed by atoms with Crippen molar-refractivity contribution < 1.29 is 23.7 Å². The molecule has 236 valence electrons. The van der Waals surface area contributed by atoms with Gasteiger partial charge in [0, 0.05) is 24.5 Å². The van der Waals surface area contributed by atoms with Crippen LogP contribution in [0.25, 0.3) is 0 Å². The molecule has 0 saturated carbocycles. The summed E-state index contributed by atoms with van der Waals surface area (Å²) >= 11 is 0. The highest BCUT2D eigenvalue weighted by Gasteiger charge is 2.31. The molecular weight excluding hydrogens is 588 g/mol. The lowest BCUT2D eigenvalue weighted by Crippen LogP contribution is -2.31. The van der Waals surface area contributed by atoms with Gasteiger partial charge >= 0.3 is 0 Å². The highest BCUT2D eigenvalue weighted by Crippen LogP contribution is 2.36. The quantitative estimate of drug-likeness (QED) is 0.119. The first-order chi connectivity index (χ1) is 23.1. The van der Waals surface area contributed by atoms with Crippen molar-refractivity contribution in [3.05, 3.63) is 169 Å². The number of pyridine rings is 2. The Kier molecular flexibility index (Phi) is 10.4. The molecule has 0 spiro atoms. The molecule has 0 N–H and O–H groups in total. The number of para-hydroxylation sites is 2. The highest BCUT2D eigenvalue weighted by molar-refractivity contribution is 5.36. The summed E-state index contributed by atoms with van der Waals surface area (Å²) in [4.78, 5) is 8.77. The van der Waals surface area contributed by atoms with Crippen LogP contribution in [0.4, 0.5) is 0 Å². The lowest BCUT2D eigenvalue weighted by molar-refractivity contribution is -0.103. The monoisotopic (exact) mass is 624 g/mol. The predicted octanol–water partition coefficient (Wildman–Crippen LogP) is 9.80. The number of aromatic nitrogens is 2. The summed E-state index contributed by atoms with van der Waals surface area (Å²) in [5.74, 6) is 3.98. The van der Waals surface area contributed by atoms with Crippen molar-refractivity contribution in [3.63, 3.8) is 0 Å². The Hall–Kier alpha value is -5.66. The Morgan fingerprint density at radius 1 is 0.404 bits per heavy atom. The smallest absolute Gasteiger partial charge is 0.213 e. The van der Waals surface area contributed by atoms with Crippen LogP contribution in [0.2, 0.25) is 0 Å². The summed E-state index contributed by atoms with van der Waals surface area (Å²) < 4.78 is 31.8.